The molecule has 0 aromatic heterocycles. The Balaban J connectivity index is 1.55. The fraction of sp³-hybridized carbons (Fsp3) is 0.591. The maximum absolute atomic E-state index is 13.0. The lowest BCUT2D eigenvalue weighted by atomic mass is 9.81. The van der Waals surface area contributed by atoms with Crippen molar-refractivity contribution < 1.29 is 19.1 Å². The van der Waals surface area contributed by atoms with Gasteiger partial charge in [0.1, 0.15) is 24.4 Å². The molecule has 1 aliphatic heterocycles. The lowest BCUT2D eigenvalue weighted by molar-refractivity contribution is -0.140. The van der Waals surface area contributed by atoms with E-state index < -0.39 is 5.54 Å². The minimum atomic E-state index is -0.750. The quantitative estimate of drug-likeness (QED) is 0.688. The van der Waals surface area contributed by atoms with Gasteiger partial charge in [0.05, 0.1) is 6.54 Å². The maximum atomic E-state index is 13.0. The summed E-state index contributed by atoms with van der Waals surface area (Å²) in [7, 11) is 3.34. The van der Waals surface area contributed by atoms with Crippen LogP contribution in [0.5, 0.6) is 5.75 Å². The number of ether oxygens (including phenoxy) is 1. The van der Waals surface area contributed by atoms with E-state index in [1.165, 1.54) is 4.90 Å². The Morgan fingerprint density at radius 2 is 1.72 bits per heavy atom. The number of carbonyl (C=O) groups excluding carboxylic acids is 3. The minimum Gasteiger partial charge on any atom is -0.492 e. The van der Waals surface area contributed by atoms with Crippen LogP contribution in [0, 0.1) is 13.8 Å². The summed E-state index contributed by atoms with van der Waals surface area (Å²) in [5, 5.41) is 0. The van der Waals surface area contributed by atoms with Gasteiger partial charge < -0.3 is 14.5 Å². The second-order valence-corrected chi connectivity index (χ2v) is 8.31. The molecule has 0 N–H and O–H groups in total. The van der Waals surface area contributed by atoms with Gasteiger partial charge in [-0.15, -0.1) is 0 Å². The van der Waals surface area contributed by atoms with Crippen molar-refractivity contribution in [2.24, 2.45) is 0 Å². The topological polar surface area (TPSA) is 70.2 Å². The molecule has 7 nitrogen and oxygen atoms in total. The Kier molecular flexibility index (Phi) is 6.15. The van der Waals surface area contributed by atoms with Gasteiger partial charge in [-0.2, -0.15) is 0 Å². The molecule has 0 atom stereocenters. The zero-order chi connectivity index (χ0) is 21.2. The van der Waals surface area contributed by atoms with E-state index in [0.29, 0.717) is 26.0 Å². The number of nitrogens with zero attached hydrogens (tertiary/aromatic N) is 3. The van der Waals surface area contributed by atoms with Crippen LogP contribution in [0.15, 0.2) is 18.2 Å². The van der Waals surface area contributed by atoms with Gasteiger partial charge in [-0.25, -0.2) is 4.79 Å². The average Bonchev–Trinajstić information content (AvgIpc) is 2.84. The monoisotopic (exact) mass is 401 g/mol. The van der Waals surface area contributed by atoms with Crippen molar-refractivity contribution in [3.05, 3.63) is 29.3 Å². The number of carbonyl (C=O) groups is 3. The Hall–Kier alpha value is -2.57. The summed E-state index contributed by atoms with van der Waals surface area (Å²) in [5.41, 5.74) is 1.49. The van der Waals surface area contributed by atoms with Crippen LogP contribution in [-0.2, 0) is 9.59 Å². The smallest absolute Gasteiger partial charge is 0.327 e. The first-order valence-corrected chi connectivity index (χ1v) is 10.3. The second-order valence-electron chi connectivity index (χ2n) is 8.31. The Morgan fingerprint density at radius 3 is 2.34 bits per heavy atom. The van der Waals surface area contributed by atoms with Gasteiger partial charge in [0.15, 0.2) is 0 Å². The van der Waals surface area contributed by atoms with Gasteiger partial charge in [-0.1, -0.05) is 25.3 Å². The second kappa shape index (κ2) is 8.43. The number of urea groups is 1. The normalized spacial score (nSPS) is 18.5. The molecule has 29 heavy (non-hydrogen) atoms. The highest BCUT2D eigenvalue weighted by atomic mass is 16.5. The molecule has 1 saturated heterocycles. The molecule has 7 heteroatoms. The van der Waals surface area contributed by atoms with Crippen molar-refractivity contribution in [2.75, 3.05) is 33.8 Å². The van der Waals surface area contributed by atoms with Crippen LogP contribution in [0.3, 0.4) is 0 Å². The molecule has 1 saturated carbocycles. The Labute approximate surface area is 172 Å². The molecule has 158 valence electrons. The van der Waals surface area contributed by atoms with E-state index in [1.807, 2.05) is 26.0 Å². The molecule has 1 heterocycles. The highest BCUT2D eigenvalue weighted by Crippen LogP contribution is 2.39. The third kappa shape index (κ3) is 4.23. The minimum absolute atomic E-state index is 0.218. The van der Waals surface area contributed by atoms with E-state index in [-0.39, 0.29) is 24.4 Å². The number of hydrogen-bond donors (Lipinski definition) is 0. The van der Waals surface area contributed by atoms with E-state index in [2.05, 4.69) is 6.07 Å². The van der Waals surface area contributed by atoms with Crippen LogP contribution < -0.4 is 4.74 Å². The fourth-order valence-electron chi connectivity index (χ4n) is 4.37. The van der Waals surface area contributed by atoms with Crippen molar-refractivity contribution in [3.8, 4) is 5.75 Å². The zero-order valence-corrected chi connectivity index (χ0v) is 17.9. The predicted octanol–water partition coefficient (Wildman–Crippen LogP) is 2.74. The van der Waals surface area contributed by atoms with Crippen molar-refractivity contribution in [2.45, 2.75) is 51.5 Å². The molecule has 0 unspecified atom stereocenters. The number of amides is 4. The van der Waals surface area contributed by atoms with E-state index in [4.69, 9.17) is 4.74 Å². The van der Waals surface area contributed by atoms with E-state index in [1.54, 1.807) is 19.0 Å². The molecule has 0 radical (unpaired) electrons. The summed E-state index contributed by atoms with van der Waals surface area (Å²) in [6.07, 6.45) is 4.30. The molecule has 1 aromatic carbocycles. The number of aryl methyl sites for hydroxylation is 2. The predicted molar refractivity (Wildman–Crippen MR) is 110 cm³/mol. The molecule has 1 aliphatic carbocycles. The van der Waals surface area contributed by atoms with Crippen molar-refractivity contribution >= 4 is 17.8 Å². The Bertz CT molecular complexity index is 781. The van der Waals surface area contributed by atoms with Gasteiger partial charge >= 0.3 is 6.03 Å². The first-order chi connectivity index (χ1) is 13.7. The fourth-order valence-corrected chi connectivity index (χ4v) is 4.37. The first kappa shape index (κ1) is 21.1. The highest BCUT2D eigenvalue weighted by Gasteiger charge is 2.55. The van der Waals surface area contributed by atoms with Gasteiger partial charge in [-0.05, 0) is 49.9 Å². The third-order valence-corrected chi connectivity index (χ3v) is 6.09. The molecule has 2 aliphatic rings. The van der Waals surface area contributed by atoms with E-state index >= 15 is 0 Å². The highest BCUT2D eigenvalue weighted by molar-refractivity contribution is 6.08. The largest absolute Gasteiger partial charge is 0.492 e. The maximum Gasteiger partial charge on any atom is 0.327 e. The molecule has 0 bridgehead atoms. The zero-order valence-electron chi connectivity index (χ0n) is 17.9. The van der Waals surface area contributed by atoms with Crippen LogP contribution in [-0.4, -0.2) is 71.9 Å². The van der Waals surface area contributed by atoms with Crippen molar-refractivity contribution in [1.82, 2.24) is 14.7 Å². The van der Waals surface area contributed by atoms with Crippen molar-refractivity contribution in [3.63, 3.8) is 0 Å². The van der Waals surface area contributed by atoms with E-state index in [9.17, 15) is 14.4 Å². The molecule has 2 fully saturated rings. The molecule has 3 rings (SSSR count). The molecule has 4 amide bonds. The first-order valence-electron chi connectivity index (χ1n) is 10.3. The lowest BCUT2D eigenvalue weighted by Crippen LogP contribution is -2.49. The molecule has 1 aromatic rings. The summed E-state index contributed by atoms with van der Waals surface area (Å²) >= 11 is 0. The van der Waals surface area contributed by atoms with Crippen LogP contribution in [0.2, 0.25) is 0 Å². The van der Waals surface area contributed by atoms with Gasteiger partial charge in [0, 0.05) is 14.1 Å². The van der Waals surface area contributed by atoms with E-state index in [0.717, 1.165) is 41.0 Å². The van der Waals surface area contributed by atoms with Gasteiger partial charge in [-0.3, -0.25) is 14.5 Å². The summed E-state index contributed by atoms with van der Waals surface area (Å²) in [4.78, 5) is 42.4. The van der Waals surface area contributed by atoms with Crippen LogP contribution in [0.1, 0.15) is 43.2 Å². The summed E-state index contributed by atoms with van der Waals surface area (Å²) < 4.78 is 5.76. The summed E-state index contributed by atoms with van der Waals surface area (Å²) in [6, 6.07) is 5.61. The average molecular weight is 402 g/mol. The lowest BCUT2D eigenvalue weighted by Gasteiger charge is -2.35. The van der Waals surface area contributed by atoms with Crippen LogP contribution in [0.4, 0.5) is 4.79 Å². The van der Waals surface area contributed by atoms with Crippen LogP contribution in [0.25, 0.3) is 0 Å². The number of likely N-dealkylation sites (N-methyl/N-ethyl adjacent to an activating group) is 2. The number of benzene rings is 1. The number of hydrogen-bond acceptors (Lipinski definition) is 4. The van der Waals surface area contributed by atoms with Gasteiger partial charge in [0.25, 0.3) is 5.91 Å². The van der Waals surface area contributed by atoms with Crippen molar-refractivity contribution in [1.29, 1.82) is 0 Å². The standard InChI is InChI=1S/C22H31N3O4/c1-16-12-17(2)14-18(13-16)29-11-10-23(3)19(26)15-25-20(27)22(24(4)21(25)28)8-6-5-7-9-22/h12-14H,5-11,15H2,1-4H3. The molecule has 1 spiro atoms. The molecular formula is C22H31N3O4. The number of imide groups is 1. The Morgan fingerprint density at radius 1 is 1.10 bits per heavy atom. The third-order valence-electron chi connectivity index (χ3n) is 6.09. The molecular weight excluding hydrogens is 370 g/mol. The number of rotatable bonds is 6. The SMILES string of the molecule is Cc1cc(C)cc(OCCN(C)C(=O)CN2C(=O)N(C)C3(CCCCC3)C2=O)c1. The van der Waals surface area contributed by atoms with Crippen LogP contribution >= 0.6 is 0 Å². The summed E-state index contributed by atoms with van der Waals surface area (Å²) in [6.45, 7) is 4.52. The summed E-state index contributed by atoms with van der Waals surface area (Å²) in [5.74, 6) is 0.282. The van der Waals surface area contributed by atoms with Gasteiger partial charge in [0.2, 0.25) is 5.91 Å².